The van der Waals surface area contributed by atoms with Crippen molar-refractivity contribution in [1.82, 2.24) is 0 Å². The molecule has 0 heterocycles. The zero-order chi connectivity index (χ0) is 9.99. The molecule has 0 spiro atoms. The van der Waals surface area contributed by atoms with Crippen LogP contribution in [0.5, 0.6) is 0 Å². The Morgan fingerprint density at radius 2 is 1.92 bits per heavy atom. The number of alkyl halides is 1. The van der Waals surface area contributed by atoms with Gasteiger partial charge in [0.25, 0.3) is 5.00 Å². The van der Waals surface area contributed by atoms with Crippen LogP contribution in [0.4, 0.5) is 8.28 Å². The maximum Gasteiger partial charge on any atom is 0.343 e. The fourth-order valence-electron chi connectivity index (χ4n) is 0.401. The normalized spacial score (nSPS) is 16.8. The Kier molecular flexibility index (Phi) is 3.71. The molecule has 6 heteroatoms. The molecule has 0 bridgehead atoms. The topological polar surface area (TPSA) is 26.3 Å². The minimum atomic E-state index is -2.57. The van der Waals surface area contributed by atoms with Gasteiger partial charge < -0.3 is 4.43 Å². The molecule has 0 aromatic rings. The van der Waals surface area contributed by atoms with E-state index in [-0.39, 0.29) is 0 Å². The SMILES string of the molecule is CC(F)(SF)C(=O)O[Si](C)(C)C. The number of carbonyl (C=O) groups excluding carboxylic acids is 1. The largest absolute Gasteiger partial charge is 0.517 e. The first-order chi connectivity index (χ1) is 5.19. The molecule has 1 atom stereocenters. The number of rotatable bonds is 3. The highest BCUT2D eigenvalue weighted by Gasteiger charge is 2.39. The second kappa shape index (κ2) is 3.74. The van der Waals surface area contributed by atoms with Crippen molar-refractivity contribution in [1.29, 1.82) is 0 Å². The monoisotopic (exact) mass is 214 g/mol. The zero-order valence-corrected chi connectivity index (χ0v) is 9.30. The fraction of sp³-hybridized carbons (Fsp3) is 0.833. The third-order valence-electron chi connectivity index (χ3n) is 0.908. The zero-order valence-electron chi connectivity index (χ0n) is 7.48. The standard InChI is InChI=1S/C6H12F2O2SSi/c1-6(7,11-8)5(9)10-12(2,3)4/h1-4H3. The van der Waals surface area contributed by atoms with Crippen LogP contribution in [0.1, 0.15) is 6.92 Å². The van der Waals surface area contributed by atoms with Gasteiger partial charge in [0.1, 0.15) is 0 Å². The van der Waals surface area contributed by atoms with Crippen LogP contribution >= 0.6 is 12.1 Å². The van der Waals surface area contributed by atoms with Crippen molar-refractivity contribution < 1.29 is 17.5 Å². The summed E-state index contributed by atoms with van der Waals surface area (Å²) in [6.45, 7) is 6.03. The molecular weight excluding hydrogens is 202 g/mol. The van der Waals surface area contributed by atoms with Crippen LogP contribution in [-0.2, 0) is 9.22 Å². The van der Waals surface area contributed by atoms with Crippen molar-refractivity contribution in [3.63, 3.8) is 0 Å². The van der Waals surface area contributed by atoms with Gasteiger partial charge in [-0.2, -0.15) is 3.89 Å². The smallest absolute Gasteiger partial charge is 0.343 e. The maximum atomic E-state index is 12.9. The van der Waals surface area contributed by atoms with Crippen molar-refractivity contribution in [3.05, 3.63) is 0 Å². The molecule has 0 saturated heterocycles. The second-order valence-corrected chi connectivity index (χ2v) is 8.85. The van der Waals surface area contributed by atoms with Gasteiger partial charge in [0.15, 0.2) is 0 Å². The summed E-state index contributed by atoms with van der Waals surface area (Å²) in [7, 11) is -2.12. The van der Waals surface area contributed by atoms with Gasteiger partial charge >= 0.3 is 5.97 Å². The summed E-state index contributed by atoms with van der Waals surface area (Å²) in [4.78, 5) is 10.9. The molecule has 0 amide bonds. The molecule has 0 aliphatic rings. The lowest BCUT2D eigenvalue weighted by atomic mass is 10.4. The molecule has 72 valence electrons. The summed E-state index contributed by atoms with van der Waals surface area (Å²) < 4.78 is 29.5. The van der Waals surface area contributed by atoms with Crippen LogP contribution in [0.25, 0.3) is 0 Å². The first-order valence-corrected chi connectivity index (χ1v) is 7.53. The number of carbonyl (C=O) groups is 1. The maximum absolute atomic E-state index is 12.9. The Balaban J connectivity index is 4.23. The highest BCUT2D eigenvalue weighted by Crippen LogP contribution is 2.29. The predicted molar refractivity (Wildman–Crippen MR) is 47.7 cm³/mol. The van der Waals surface area contributed by atoms with Gasteiger partial charge in [0.05, 0.1) is 12.1 Å². The molecule has 0 rings (SSSR count). The Bertz CT molecular complexity index is 179. The highest BCUT2D eigenvalue weighted by atomic mass is 32.2. The van der Waals surface area contributed by atoms with E-state index in [1.54, 1.807) is 19.6 Å². The van der Waals surface area contributed by atoms with Crippen molar-refractivity contribution in [2.24, 2.45) is 0 Å². The Hall–Kier alpha value is -0.103. The molecule has 2 nitrogen and oxygen atoms in total. The van der Waals surface area contributed by atoms with Gasteiger partial charge in [0, 0.05) is 0 Å². The van der Waals surface area contributed by atoms with Gasteiger partial charge in [-0.3, -0.25) is 0 Å². The lowest BCUT2D eigenvalue weighted by Crippen LogP contribution is -2.37. The quantitative estimate of drug-likeness (QED) is 0.676. The average Bonchev–Trinajstić information content (AvgIpc) is 1.84. The summed E-state index contributed by atoms with van der Waals surface area (Å²) in [6.07, 6.45) is 0. The van der Waals surface area contributed by atoms with Gasteiger partial charge in [-0.25, -0.2) is 9.18 Å². The molecule has 0 aromatic heterocycles. The third kappa shape index (κ3) is 4.06. The van der Waals surface area contributed by atoms with Crippen molar-refractivity contribution in [3.8, 4) is 0 Å². The molecular formula is C6H12F2O2SSi. The molecule has 1 unspecified atom stereocenters. The van der Waals surface area contributed by atoms with Crippen LogP contribution in [0.15, 0.2) is 0 Å². The lowest BCUT2D eigenvalue weighted by molar-refractivity contribution is -0.142. The van der Waals surface area contributed by atoms with E-state index in [1.807, 2.05) is 0 Å². The second-order valence-electron chi connectivity index (χ2n) is 3.50. The van der Waals surface area contributed by atoms with E-state index in [0.717, 1.165) is 6.92 Å². The van der Waals surface area contributed by atoms with E-state index in [0.29, 0.717) is 0 Å². The minimum absolute atomic E-state index is 0.643. The van der Waals surface area contributed by atoms with E-state index in [2.05, 4.69) is 0 Å². The van der Waals surface area contributed by atoms with Gasteiger partial charge in [-0.15, -0.1) is 0 Å². The molecule has 0 aliphatic heterocycles. The summed E-state index contributed by atoms with van der Waals surface area (Å²) >= 11 is -0.643. The van der Waals surface area contributed by atoms with E-state index in [9.17, 15) is 13.1 Å². The fourth-order valence-corrected chi connectivity index (χ4v) is 1.33. The molecule has 0 fully saturated rings. The minimum Gasteiger partial charge on any atom is -0.517 e. The molecule has 0 radical (unpaired) electrons. The van der Waals surface area contributed by atoms with Crippen molar-refractivity contribution in [2.45, 2.75) is 31.6 Å². The molecule has 0 aliphatic carbocycles. The molecule has 12 heavy (non-hydrogen) atoms. The number of hydrogen-bond donors (Lipinski definition) is 0. The molecule has 0 saturated carbocycles. The first-order valence-electron chi connectivity index (χ1n) is 3.41. The van der Waals surface area contributed by atoms with E-state index >= 15 is 0 Å². The molecule has 0 N–H and O–H groups in total. The average molecular weight is 214 g/mol. The Morgan fingerprint density at radius 3 is 2.17 bits per heavy atom. The lowest BCUT2D eigenvalue weighted by Gasteiger charge is -2.21. The van der Waals surface area contributed by atoms with Gasteiger partial charge in [0.2, 0.25) is 8.32 Å². The van der Waals surface area contributed by atoms with Gasteiger partial charge in [-0.05, 0) is 26.6 Å². The summed E-state index contributed by atoms with van der Waals surface area (Å²) in [5, 5.41) is -2.57. The highest BCUT2D eigenvalue weighted by molar-refractivity contribution is 7.96. The number of halogens is 2. The van der Waals surface area contributed by atoms with Crippen LogP contribution < -0.4 is 0 Å². The van der Waals surface area contributed by atoms with Crippen LogP contribution in [0, 0.1) is 0 Å². The summed E-state index contributed by atoms with van der Waals surface area (Å²) in [6, 6.07) is 0. The van der Waals surface area contributed by atoms with E-state index in [1.165, 1.54) is 0 Å². The van der Waals surface area contributed by atoms with Crippen LogP contribution in [0.2, 0.25) is 19.6 Å². The van der Waals surface area contributed by atoms with E-state index < -0.39 is 31.4 Å². The summed E-state index contributed by atoms with van der Waals surface area (Å²) in [5.74, 6) is -1.13. The first kappa shape index (κ1) is 11.9. The van der Waals surface area contributed by atoms with Crippen molar-refractivity contribution in [2.75, 3.05) is 0 Å². The Labute approximate surface area is 76.1 Å². The predicted octanol–water partition coefficient (Wildman–Crippen LogP) is 2.67. The van der Waals surface area contributed by atoms with Crippen molar-refractivity contribution >= 4 is 26.4 Å². The third-order valence-corrected chi connectivity index (χ3v) is 2.16. The van der Waals surface area contributed by atoms with E-state index in [4.69, 9.17) is 4.43 Å². The van der Waals surface area contributed by atoms with Gasteiger partial charge in [-0.1, -0.05) is 0 Å². The Morgan fingerprint density at radius 1 is 1.50 bits per heavy atom. The summed E-state index contributed by atoms with van der Waals surface area (Å²) in [5.41, 5.74) is 0. The van der Waals surface area contributed by atoms with Crippen LogP contribution in [0.3, 0.4) is 0 Å². The number of hydrogen-bond acceptors (Lipinski definition) is 3. The van der Waals surface area contributed by atoms with Crippen LogP contribution in [-0.4, -0.2) is 19.3 Å². The molecule has 0 aromatic carbocycles.